The second kappa shape index (κ2) is 6.02. The van der Waals surface area contributed by atoms with Gasteiger partial charge in [0, 0.05) is 23.9 Å². The second-order valence-corrected chi connectivity index (χ2v) is 6.48. The average molecular weight is 345 g/mol. The lowest BCUT2D eigenvalue weighted by Gasteiger charge is -2.24. The Morgan fingerprint density at radius 3 is 2.76 bits per heavy atom. The molecule has 1 aliphatic rings. The molecular weight excluding hydrogens is 328 g/mol. The molecule has 4 rings (SSSR count). The minimum atomic E-state index is -0.921. The summed E-state index contributed by atoms with van der Waals surface area (Å²) in [5, 5.41) is 4.57. The number of rotatable bonds is 3. The Hall–Kier alpha value is -2.64. The van der Waals surface area contributed by atoms with Crippen molar-refractivity contribution < 1.29 is 13.3 Å². The number of hydrogen-bond donors (Lipinski definition) is 0. The predicted molar refractivity (Wildman–Crippen MR) is 87.2 cm³/mol. The molecule has 0 amide bonds. The topological polar surface area (TPSA) is 67.9 Å². The van der Waals surface area contributed by atoms with Gasteiger partial charge < -0.3 is 9.42 Å². The van der Waals surface area contributed by atoms with Gasteiger partial charge in [0.1, 0.15) is 12.1 Å². The minimum Gasteiger partial charge on any atom is -0.346 e. The summed E-state index contributed by atoms with van der Waals surface area (Å²) in [6.07, 6.45) is 3.12. The van der Waals surface area contributed by atoms with E-state index >= 15 is 0 Å². The third-order valence-electron chi connectivity index (χ3n) is 4.43. The van der Waals surface area contributed by atoms with Crippen LogP contribution in [-0.2, 0) is 0 Å². The first kappa shape index (κ1) is 15.9. The van der Waals surface area contributed by atoms with Gasteiger partial charge in [-0.2, -0.15) is 4.98 Å². The molecule has 0 aliphatic carbocycles. The molecule has 3 aromatic rings. The van der Waals surface area contributed by atoms with E-state index in [9.17, 15) is 8.78 Å². The molecule has 0 N–H and O–H groups in total. The molecule has 8 heteroatoms. The summed E-state index contributed by atoms with van der Waals surface area (Å²) in [5.74, 6) is 0.0456. The Labute approximate surface area is 142 Å². The first-order valence-corrected chi connectivity index (χ1v) is 8.24. The molecule has 0 saturated carbocycles. The van der Waals surface area contributed by atoms with E-state index in [0.29, 0.717) is 28.4 Å². The van der Waals surface area contributed by atoms with Crippen molar-refractivity contribution in [1.82, 2.24) is 20.1 Å². The maximum absolute atomic E-state index is 13.7. The molecule has 3 heterocycles. The predicted octanol–water partition coefficient (Wildman–Crippen LogP) is 3.76. The van der Waals surface area contributed by atoms with Crippen molar-refractivity contribution in [2.24, 2.45) is 0 Å². The van der Waals surface area contributed by atoms with Crippen molar-refractivity contribution in [2.45, 2.75) is 38.6 Å². The monoisotopic (exact) mass is 345 g/mol. The summed E-state index contributed by atoms with van der Waals surface area (Å²) in [4.78, 5) is 14.9. The van der Waals surface area contributed by atoms with Gasteiger partial charge in [-0.3, -0.25) is 0 Å². The highest BCUT2D eigenvalue weighted by molar-refractivity contribution is 5.89. The molecule has 2 aromatic heterocycles. The van der Waals surface area contributed by atoms with Gasteiger partial charge in [-0.15, -0.1) is 0 Å². The van der Waals surface area contributed by atoms with Crippen LogP contribution in [0.15, 0.2) is 23.0 Å². The van der Waals surface area contributed by atoms with Crippen molar-refractivity contribution >= 4 is 16.7 Å². The smallest absolute Gasteiger partial charge is 0.229 e. The van der Waals surface area contributed by atoms with Gasteiger partial charge >= 0.3 is 0 Å². The van der Waals surface area contributed by atoms with Crippen LogP contribution in [-0.4, -0.2) is 26.7 Å². The lowest BCUT2D eigenvalue weighted by atomic mass is 10.1. The maximum atomic E-state index is 13.7. The van der Waals surface area contributed by atoms with Crippen LogP contribution < -0.4 is 4.90 Å². The van der Waals surface area contributed by atoms with E-state index in [1.54, 1.807) is 0 Å². The van der Waals surface area contributed by atoms with Gasteiger partial charge in [-0.05, 0) is 18.9 Å². The Balaban J connectivity index is 1.77. The van der Waals surface area contributed by atoms with Crippen molar-refractivity contribution in [3.8, 4) is 0 Å². The molecule has 1 fully saturated rings. The molecule has 0 bridgehead atoms. The van der Waals surface area contributed by atoms with Crippen molar-refractivity contribution in [3.63, 3.8) is 0 Å². The Bertz CT molecular complexity index is 927. The van der Waals surface area contributed by atoms with Crippen LogP contribution in [0.5, 0.6) is 0 Å². The summed E-state index contributed by atoms with van der Waals surface area (Å²) in [7, 11) is 0. The summed E-state index contributed by atoms with van der Waals surface area (Å²) < 4.78 is 32.6. The van der Waals surface area contributed by atoms with Crippen LogP contribution in [0.3, 0.4) is 0 Å². The SMILES string of the molecule is CC(C)c1nc(C2CCCN2c2ncnc3cc(F)c(F)cc23)no1. The number of benzene rings is 1. The van der Waals surface area contributed by atoms with Crippen LogP contribution in [0.4, 0.5) is 14.6 Å². The summed E-state index contributed by atoms with van der Waals surface area (Å²) >= 11 is 0. The Morgan fingerprint density at radius 1 is 1.20 bits per heavy atom. The number of fused-ring (bicyclic) bond motifs is 1. The first-order chi connectivity index (χ1) is 12.0. The highest BCUT2D eigenvalue weighted by Crippen LogP contribution is 2.37. The summed E-state index contributed by atoms with van der Waals surface area (Å²) in [6, 6.07) is 2.12. The number of hydrogen-bond acceptors (Lipinski definition) is 6. The van der Waals surface area contributed by atoms with E-state index in [1.165, 1.54) is 6.33 Å². The summed E-state index contributed by atoms with van der Waals surface area (Å²) in [6.45, 7) is 4.69. The van der Waals surface area contributed by atoms with Gasteiger partial charge in [-0.1, -0.05) is 19.0 Å². The van der Waals surface area contributed by atoms with Gasteiger partial charge in [0.25, 0.3) is 0 Å². The van der Waals surface area contributed by atoms with Gasteiger partial charge in [0.05, 0.1) is 11.6 Å². The number of halogens is 2. The molecule has 1 atom stereocenters. The quantitative estimate of drug-likeness (QED) is 0.720. The number of nitrogens with zero attached hydrogens (tertiary/aromatic N) is 5. The third kappa shape index (κ3) is 2.71. The zero-order valence-corrected chi connectivity index (χ0v) is 13.9. The average Bonchev–Trinajstić information content (AvgIpc) is 3.24. The molecule has 25 heavy (non-hydrogen) atoms. The molecule has 1 aliphatic heterocycles. The number of aromatic nitrogens is 4. The van der Waals surface area contributed by atoms with E-state index in [4.69, 9.17) is 4.52 Å². The molecule has 0 radical (unpaired) electrons. The lowest BCUT2D eigenvalue weighted by molar-refractivity contribution is 0.358. The van der Waals surface area contributed by atoms with Crippen molar-refractivity contribution in [2.75, 3.05) is 11.4 Å². The highest BCUT2D eigenvalue weighted by Gasteiger charge is 2.32. The van der Waals surface area contributed by atoms with Crippen LogP contribution in [0.25, 0.3) is 10.9 Å². The molecule has 1 aromatic carbocycles. The van der Waals surface area contributed by atoms with E-state index in [2.05, 4.69) is 20.1 Å². The zero-order chi connectivity index (χ0) is 17.6. The maximum Gasteiger partial charge on any atom is 0.229 e. The fourth-order valence-electron chi connectivity index (χ4n) is 3.17. The molecule has 1 saturated heterocycles. The first-order valence-electron chi connectivity index (χ1n) is 8.24. The van der Waals surface area contributed by atoms with Gasteiger partial charge in [0.2, 0.25) is 5.89 Å². The van der Waals surface area contributed by atoms with Crippen LogP contribution in [0, 0.1) is 11.6 Å². The summed E-state index contributed by atoms with van der Waals surface area (Å²) in [5.41, 5.74) is 0.366. The Kier molecular flexibility index (Phi) is 3.82. The normalized spacial score (nSPS) is 17.8. The standard InChI is InChI=1S/C17H17F2N5O/c1-9(2)17-22-15(23-25-17)14-4-3-5-24(14)16-10-6-11(18)12(19)7-13(10)20-8-21-16/h6-9,14H,3-5H2,1-2H3. The molecule has 130 valence electrons. The number of anilines is 1. The van der Waals surface area contributed by atoms with Gasteiger partial charge in [-0.25, -0.2) is 18.7 Å². The van der Waals surface area contributed by atoms with Crippen LogP contribution in [0.2, 0.25) is 0 Å². The molecule has 1 unspecified atom stereocenters. The van der Waals surface area contributed by atoms with Crippen molar-refractivity contribution in [3.05, 3.63) is 41.8 Å². The third-order valence-corrected chi connectivity index (χ3v) is 4.43. The second-order valence-electron chi connectivity index (χ2n) is 6.48. The van der Waals surface area contributed by atoms with Gasteiger partial charge in [0.15, 0.2) is 17.5 Å². The van der Waals surface area contributed by atoms with Crippen LogP contribution >= 0.6 is 0 Å². The molecular formula is C17H17F2N5O. The lowest BCUT2D eigenvalue weighted by Crippen LogP contribution is -2.25. The zero-order valence-electron chi connectivity index (χ0n) is 13.9. The molecule has 6 nitrogen and oxygen atoms in total. The van der Waals surface area contributed by atoms with E-state index in [-0.39, 0.29) is 12.0 Å². The minimum absolute atomic E-state index is 0.109. The fourth-order valence-corrected chi connectivity index (χ4v) is 3.17. The van der Waals surface area contributed by atoms with Crippen LogP contribution in [0.1, 0.15) is 50.4 Å². The molecule has 0 spiro atoms. The largest absolute Gasteiger partial charge is 0.346 e. The van der Waals surface area contributed by atoms with E-state index < -0.39 is 11.6 Å². The Morgan fingerprint density at radius 2 is 2.00 bits per heavy atom. The van der Waals surface area contributed by atoms with E-state index in [1.807, 2.05) is 18.7 Å². The fraction of sp³-hybridized carbons (Fsp3) is 0.412. The van der Waals surface area contributed by atoms with Crippen molar-refractivity contribution in [1.29, 1.82) is 0 Å². The highest BCUT2D eigenvalue weighted by atomic mass is 19.2. The van der Waals surface area contributed by atoms with E-state index in [0.717, 1.165) is 31.5 Å².